The maximum Gasteiger partial charge on any atom is 0.252 e. The number of hydrogen-bond donors (Lipinski definition) is 1. The largest absolute Gasteiger partial charge is 0.349 e. The van der Waals surface area contributed by atoms with Gasteiger partial charge in [0.15, 0.2) is 5.13 Å². The number of piperidine rings is 1. The predicted octanol–water partition coefficient (Wildman–Crippen LogP) is 4.88. The molecule has 3 fully saturated rings. The molecule has 2 atom stereocenters. The van der Waals surface area contributed by atoms with Crippen LogP contribution in [-0.4, -0.2) is 53.0 Å². The summed E-state index contributed by atoms with van der Waals surface area (Å²) in [6.45, 7) is 5.85. The van der Waals surface area contributed by atoms with Gasteiger partial charge >= 0.3 is 0 Å². The minimum absolute atomic E-state index is 0.0368. The molecule has 0 spiro atoms. The van der Waals surface area contributed by atoms with Gasteiger partial charge in [-0.3, -0.25) is 14.7 Å². The lowest BCUT2D eigenvalue weighted by Crippen LogP contribution is -2.38. The number of fused-ring (bicyclic) bond motifs is 3. The van der Waals surface area contributed by atoms with Crippen LogP contribution in [0.4, 0.5) is 5.13 Å². The van der Waals surface area contributed by atoms with Crippen molar-refractivity contribution in [1.29, 1.82) is 0 Å². The number of carbonyl (C=O) groups is 1. The molecule has 6 nitrogen and oxygen atoms in total. The van der Waals surface area contributed by atoms with Crippen molar-refractivity contribution in [1.82, 2.24) is 20.2 Å². The first-order valence-electron chi connectivity index (χ1n) is 13.8. The summed E-state index contributed by atoms with van der Waals surface area (Å²) in [5, 5.41) is 5.52. The first-order chi connectivity index (χ1) is 17.7. The molecule has 1 amide bonds. The van der Waals surface area contributed by atoms with E-state index in [1.165, 1.54) is 67.6 Å². The highest BCUT2D eigenvalue weighted by atomic mass is 32.1. The van der Waals surface area contributed by atoms with E-state index in [0.717, 1.165) is 60.0 Å². The van der Waals surface area contributed by atoms with Crippen LogP contribution in [0, 0.1) is 17.8 Å². The van der Waals surface area contributed by atoms with Gasteiger partial charge < -0.3 is 10.2 Å². The summed E-state index contributed by atoms with van der Waals surface area (Å²) in [7, 11) is 0. The molecule has 188 valence electrons. The molecule has 2 aliphatic carbocycles. The van der Waals surface area contributed by atoms with E-state index in [1.54, 1.807) is 6.20 Å². The molecule has 0 radical (unpaired) electrons. The maximum atomic E-state index is 13.0. The molecule has 2 aliphatic heterocycles. The third-order valence-corrected chi connectivity index (χ3v) is 10.2. The Kier molecular flexibility index (Phi) is 5.93. The van der Waals surface area contributed by atoms with Crippen LogP contribution in [0.5, 0.6) is 0 Å². The van der Waals surface area contributed by atoms with Crippen molar-refractivity contribution < 1.29 is 4.79 Å². The van der Waals surface area contributed by atoms with Gasteiger partial charge in [0.2, 0.25) is 0 Å². The van der Waals surface area contributed by atoms with Crippen LogP contribution in [0.1, 0.15) is 59.5 Å². The Morgan fingerprint density at radius 2 is 1.94 bits per heavy atom. The van der Waals surface area contributed by atoms with Crippen LogP contribution in [-0.2, 0) is 13.0 Å². The van der Waals surface area contributed by atoms with Crippen LogP contribution in [0.25, 0.3) is 10.9 Å². The van der Waals surface area contributed by atoms with Crippen LogP contribution in [0.2, 0.25) is 0 Å². The van der Waals surface area contributed by atoms with Gasteiger partial charge in [-0.15, -0.1) is 11.3 Å². The summed E-state index contributed by atoms with van der Waals surface area (Å²) in [4.78, 5) is 29.1. The van der Waals surface area contributed by atoms with E-state index >= 15 is 0 Å². The summed E-state index contributed by atoms with van der Waals surface area (Å²) in [5.41, 5.74) is 2.95. The molecular weight excluding hydrogens is 466 g/mol. The van der Waals surface area contributed by atoms with E-state index in [-0.39, 0.29) is 11.9 Å². The lowest BCUT2D eigenvalue weighted by atomic mass is 9.84. The molecular formula is C29H35N5OS. The van der Waals surface area contributed by atoms with E-state index in [1.807, 2.05) is 41.7 Å². The van der Waals surface area contributed by atoms with Crippen LogP contribution in [0.15, 0.2) is 36.5 Å². The molecule has 1 saturated heterocycles. The summed E-state index contributed by atoms with van der Waals surface area (Å²) in [6, 6.07) is 9.96. The van der Waals surface area contributed by atoms with E-state index in [9.17, 15) is 4.79 Å². The molecule has 1 aromatic carbocycles. The van der Waals surface area contributed by atoms with E-state index in [2.05, 4.69) is 20.1 Å². The molecule has 4 aliphatic rings. The van der Waals surface area contributed by atoms with E-state index in [0.29, 0.717) is 0 Å². The number of pyridine rings is 1. The van der Waals surface area contributed by atoms with Crippen molar-refractivity contribution in [3.8, 4) is 0 Å². The molecule has 7 heteroatoms. The molecule has 0 bridgehead atoms. The van der Waals surface area contributed by atoms with Crippen molar-refractivity contribution in [3.63, 3.8) is 0 Å². The number of aromatic nitrogens is 2. The number of amides is 1. The Morgan fingerprint density at radius 3 is 2.81 bits per heavy atom. The van der Waals surface area contributed by atoms with Gasteiger partial charge in [-0.25, -0.2) is 4.98 Å². The van der Waals surface area contributed by atoms with Gasteiger partial charge in [-0.2, -0.15) is 0 Å². The third-order valence-electron chi connectivity index (χ3n) is 8.97. The molecule has 4 heterocycles. The van der Waals surface area contributed by atoms with Crippen molar-refractivity contribution in [2.24, 2.45) is 17.8 Å². The van der Waals surface area contributed by atoms with Crippen LogP contribution in [0.3, 0.4) is 0 Å². The summed E-state index contributed by atoms with van der Waals surface area (Å²) >= 11 is 1.96. The van der Waals surface area contributed by atoms with Gasteiger partial charge in [0, 0.05) is 54.2 Å². The van der Waals surface area contributed by atoms with E-state index in [4.69, 9.17) is 4.98 Å². The van der Waals surface area contributed by atoms with Crippen molar-refractivity contribution in [3.05, 3.63) is 52.7 Å². The zero-order valence-corrected chi connectivity index (χ0v) is 21.7. The fourth-order valence-electron chi connectivity index (χ4n) is 6.64. The summed E-state index contributed by atoms with van der Waals surface area (Å²) < 4.78 is 0. The smallest absolute Gasteiger partial charge is 0.252 e. The Hall–Kier alpha value is -2.51. The first kappa shape index (κ1) is 22.7. The molecule has 1 N–H and O–H groups in total. The monoisotopic (exact) mass is 501 g/mol. The highest BCUT2D eigenvalue weighted by molar-refractivity contribution is 7.15. The van der Waals surface area contributed by atoms with Crippen molar-refractivity contribution >= 4 is 33.3 Å². The molecule has 2 saturated carbocycles. The minimum atomic E-state index is 0.0368. The van der Waals surface area contributed by atoms with Crippen molar-refractivity contribution in [2.75, 3.05) is 31.1 Å². The normalized spacial score (nSPS) is 27.6. The zero-order chi connectivity index (χ0) is 24.1. The fourth-order valence-corrected chi connectivity index (χ4v) is 7.72. The molecule has 2 unspecified atom stereocenters. The second kappa shape index (κ2) is 9.42. The maximum absolute atomic E-state index is 13.0. The van der Waals surface area contributed by atoms with Crippen LogP contribution >= 0.6 is 11.3 Å². The number of benzene rings is 1. The second-order valence-electron chi connectivity index (χ2n) is 11.4. The number of nitrogens with one attached hydrogen (secondary N) is 1. The highest BCUT2D eigenvalue weighted by Crippen LogP contribution is 2.47. The Bertz CT molecular complexity index is 1250. The highest BCUT2D eigenvalue weighted by Gasteiger charge is 2.46. The van der Waals surface area contributed by atoms with Gasteiger partial charge in [-0.1, -0.05) is 12.1 Å². The summed E-state index contributed by atoms with van der Waals surface area (Å²) in [5.74, 6) is 2.72. The van der Waals surface area contributed by atoms with Gasteiger partial charge in [0.1, 0.15) is 0 Å². The second-order valence-corrected chi connectivity index (χ2v) is 12.5. The average molecular weight is 502 g/mol. The SMILES string of the molecule is O=C(N[C@H]1CC[C@H](CCN2CCc3sc(N4CC5CC5C4)nc3C2)CC1)c1cccc2ncccc12. The molecule has 7 rings (SSSR count). The Labute approximate surface area is 217 Å². The number of thiazole rings is 1. The lowest BCUT2D eigenvalue weighted by Gasteiger charge is -2.32. The number of anilines is 1. The van der Waals surface area contributed by atoms with Gasteiger partial charge in [0.25, 0.3) is 5.91 Å². The standard InChI is InChI=1S/C29H35N5OS/c35-28(24-3-1-5-25-23(24)4-2-12-30-25)31-22-8-6-19(7-9-22)10-13-33-14-11-27-26(18-33)32-29(36-27)34-16-20-15-21(20)17-34/h1-5,12,19-22H,6-11,13-18H2,(H,31,35)/t19-,20?,21?,22-. The fraction of sp³-hybridized carbons (Fsp3) is 0.552. The van der Waals surface area contributed by atoms with Crippen molar-refractivity contribution in [2.45, 2.75) is 57.5 Å². The Morgan fingerprint density at radius 1 is 1.08 bits per heavy atom. The number of rotatable bonds is 6. The molecule has 2 aromatic heterocycles. The topological polar surface area (TPSA) is 61.4 Å². The van der Waals surface area contributed by atoms with Gasteiger partial charge in [-0.05, 0) is 87.4 Å². The number of hydrogen-bond acceptors (Lipinski definition) is 6. The first-order valence-corrected chi connectivity index (χ1v) is 14.6. The average Bonchev–Trinajstić information content (AvgIpc) is 3.31. The zero-order valence-electron chi connectivity index (χ0n) is 20.9. The third kappa shape index (κ3) is 4.52. The molecule has 36 heavy (non-hydrogen) atoms. The Balaban J connectivity index is 0.879. The quantitative estimate of drug-likeness (QED) is 0.521. The number of carbonyl (C=O) groups excluding carboxylic acids is 1. The van der Waals surface area contributed by atoms with E-state index < -0.39 is 0 Å². The number of nitrogens with zero attached hydrogens (tertiary/aromatic N) is 4. The lowest BCUT2D eigenvalue weighted by molar-refractivity contribution is 0.0921. The summed E-state index contributed by atoms with van der Waals surface area (Å²) in [6.07, 6.45) is 10.2. The van der Waals surface area contributed by atoms with Crippen LogP contribution < -0.4 is 10.2 Å². The van der Waals surface area contributed by atoms with Gasteiger partial charge in [0.05, 0.1) is 11.2 Å². The predicted molar refractivity (Wildman–Crippen MR) is 144 cm³/mol. The minimum Gasteiger partial charge on any atom is -0.349 e. The molecule has 3 aromatic rings.